The molecule has 7 heteroatoms. The van der Waals surface area contributed by atoms with Gasteiger partial charge in [0.05, 0.1) is 6.04 Å². The van der Waals surface area contributed by atoms with Gasteiger partial charge in [-0.25, -0.2) is 15.0 Å². The number of nitrogens with one attached hydrogen (secondary N) is 1. The summed E-state index contributed by atoms with van der Waals surface area (Å²) in [4.78, 5) is 26.8. The first-order valence-electron chi connectivity index (χ1n) is 7.83. The Morgan fingerprint density at radius 3 is 2.74 bits per heavy atom. The molecule has 0 bridgehead atoms. The molecule has 1 saturated heterocycles. The van der Waals surface area contributed by atoms with E-state index in [1.807, 2.05) is 18.4 Å². The fraction of sp³-hybridized carbons (Fsp3) is 0.500. The molecule has 2 aromatic heterocycles. The Labute approximate surface area is 140 Å². The first kappa shape index (κ1) is 15.9. The Balaban J connectivity index is 1.68. The topological polar surface area (TPSA) is 71.0 Å². The highest BCUT2D eigenvalue weighted by Crippen LogP contribution is 2.33. The number of piperidine rings is 1. The minimum absolute atomic E-state index is 0.000875. The summed E-state index contributed by atoms with van der Waals surface area (Å²) in [5.74, 6) is 1.39. The quantitative estimate of drug-likeness (QED) is 0.931. The minimum atomic E-state index is -0.000875. The summed E-state index contributed by atoms with van der Waals surface area (Å²) in [6.07, 6.45) is 5.43. The molecule has 0 spiro atoms. The van der Waals surface area contributed by atoms with E-state index < -0.39 is 0 Å². The smallest absolute Gasteiger partial charge is 0.217 e. The second-order valence-corrected chi connectivity index (χ2v) is 6.82. The summed E-state index contributed by atoms with van der Waals surface area (Å²) < 4.78 is 0. The number of hydrogen-bond acceptors (Lipinski definition) is 6. The van der Waals surface area contributed by atoms with Crippen molar-refractivity contribution < 1.29 is 4.79 Å². The van der Waals surface area contributed by atoms with Gasteiger partial charge in [0.2, 0.25) is 5.91 Å². The maximum absolute atomic E-state index is 11.6. The van der Waals surface area contributed by atoms with Gasteiger partial charge in [-0.05, 0) is 25.7 Å². The Kier molecular flexibility index (Phi) is 4.85. The second-order valence-electron chi connectivity index (χ2n) is 5.89. The predicted molar refractivity (Wildman–Crippen MR) is 90.4 cm³/mol. The van der Waals surface area contributed by atoms with Crippen LogP contribution in [0.3, 0.4) is 0 Å². The molecular weight excluding hydrogens is 310 g/mol. The van der Waals surface area contributed by atoms with Crippen molar-refractivity contribution in [2.75, 3.05) is 18.0 Å². The molecule has 122 valence electrons. The van der Waals surface area contributed by atoms with Crippen molar-refractivity contribution >= 4 is 23.1 Å². The number of nitrogens with zero attached hydrogens (tertiary/aromatic N) is 4. The van der Waals surface area contributed by atoms with Crippen LogP contribution in [-0.4, -0.2) is 33.9 Å². The zero-order valence-corrected chi connectivity index (χ0v) is 14.2. The van der Waals surface area contributed by atoms with Crippen LogP contribution in [0.15, 0.2) is 24.0 Å². The van der Waals surface area contributed by atoms with Gasteiger partial charge in [-0.15, -0.1) is 11.3 Å². The number of aromatic nitrogens is 3. The number of carbonyl (C=O) groups excluding carboxylic acids is 1. The lowest BCUT2D eigenvalue weighted by atomic mass is 9.89. The highest BCUT2D eigenvalue weighted by atomic mass is 32.1. The van der Waals surface area contributed by atoms with Gasteiger partial charge in [0.15, 0.2) is 0 Å². The average Bonchev–Trinajstić information content (AvgIpc) is 3.07. The molecule has 2 aromatic rings. The van der Waals surface area contributed by atoms with E-state index in [1.165, 1.54) is 0 Å². The minimum Gasteiger partial charge on any atom is -0.356 e. The number of rotatable bonds is 4. The van der Waals surface area contributed by atoms with E-state index in [4.69, 9.17) is 0 Å². The highest BCUT2D eigenvalue weighted by Gasteiger charge is 2.30. The summed E-state index contributed by atoms with van der Waals surface area (Å²) in [5, 5.41) is 6.04. The molecule has 1 atom stereocenters. The number of aryl methyl sites for hydroxylation is 1. The molecule has 0 saturated carbocycles. The van der Waals surface area contributed by atoms with E-state index in [9.17, 15) is 4.79 Å². The van der Waals surface area contributed by atoms with Crippen LogP contribution in [0.5, 0.6) is 0 Å². The van der Waals surface area contributed by atoms with E-state index in [2.05, 4.69) is 25.2 Å². The molecule has 6 nitrogen and oxygen atoms in total. The largest absolute Gasteiger partial charge is 0.356 e. The monoisotopic (exact) mass is 331 g/mol. The molecule has 3 heterocycles. The molecule has 0 radical (unpaired) electrons. The van der Waals surface area contributed by atoms with E-state index in [0.717, 1.165) is 42.5 Å². The number of amides is 1. The average molecular weight is 331 g/mol. The zero-order chi connectivity index (χ0) is 16.2. The van der Waals surface area contributed by atoms with Crippen LogP contribution in [0, 0.1) is 12.8 Å². The normalized spacial score (nSPS) is 17.0. The number of carbonyl (C=O) groups is 1. The summed E-state index contributed by atoms with van der Waals surface area (Å²) in [5.41, 5.74) is 0.982. The van der Waals surface area contributed by atoms with Crippen LogP contribution in [0.4, 0.5) is 5.82 Å². The van der Waals surface area contributed by atoms with Gasteiger partial charge in [0, 0.05) is 43.4 Å². The van der Waals surface area contributed by atoms with Crippen LogP contribution < -0.4 is 10.2 Å². The maximum Gasteiger partial charge on any atom is 0.217 e. The van der Waals surface area contributed by atoms with E-state index in [-0.39, 0.29) is 11.9 Å². The fourth-order valence-electron chi connectivity index (χ4n) is 3.06. The first-order chi connectivity index (χ1) is 11.1. The van der Waals surface area contributed by atoms with Gasteiger partial charge in [-0.1, -0.05) is 0 Å². The summed E-state index contributed by atoms with van der Waals surface area (Å²) in [6.45, 7) is 5.41. The van der Waals surface area contributed by atoms with Crippen molar-refractivity contribution in [3.63, 3.8) is 0 Å². The van der Waals surface area contributed by atoms with Crippen LogP contribution in [-0.2, 0) is 4.79 Å². The number of hydrogen-bond donors (Lipinski definition) is 1. The van der Waals surface area contributed by atoms with Crippen LogP contribution in [0.25, 0.3) is 0 Å². The van der Waals surface area contributed by atoms with E-state index in [1.54, 1.807) is 30.8 Å². The van der Waals surface area contributed by atoms with Gasteiger partial charge in [0.25, 0.3) is 0 Å². The van der Waals surface area contributed by atoms with Gasteiger partial charge in [0.1, 0.15) is 17.2 Å². The summed E-state index contributed by atoms with van der Waals surface area (Å²) >= 11 is 1.61. The number of thiazole rings is 1. The predicted octanol–water partition coefficient (Wildman–Crippen LogP) is 2.34. The third-order valence-electron chi connectivity index (χ3n) is 4.20. The van der Waals surface area contributed by atoms with Gasteiger partial charge in [-0.2, -0.15) is 0 Å². The molecule has 3 rings (SSSR count). The first-order valence-corrected chi connectivity index (χ1v) is 8.71. The van der Waals surface area contributed by atoms with Gasteiger partial charge in [-0.3, -0.25) is 4.79 Å². The molecule has 1 fully saturated rings. The van der Waals surface area contributed by atoms with Gasteiger partial charge >= 0.3 is 0 Å². The van der Waals surface area contributed by atoms with Crippen molar-refractivity contribution in [3.05, 3.63) is 34.7 Å². The lowest BCUT2D eigenvalue weighted by Crippen LogP contribution is -2.40. The lowest BCUT2D eigenvalue weighted by molar-refractivity contribution is -0.120. The van der Waals surface area contributed by atoms with Crippen molar-refractivity contribution in [3.8, 4) is 0 Å². The standard InChI is InChI=1S/C16H21N5OS/c1-11-9-14(19-10-18-11)21-6-3-13(4-7-21)15(20-12(2)22)16-17-5-8-23-16/h5,8-10,13,15H,3-4,6-7H2,1-2H3,(H,20,22)/t15-/m1/s1. The van der Waals surface area contributed by atoms with Crippen molar-refractivity contribution in [1.29, 1.82) is 0 Å². The molecule has 1 N–H and O–H groups in total. The molecule has 0 unspecified atom stereocenters. The lowest BCUT2D eigenvalue weighted by Gasteiger charge is -2.36. The van der Waals surface area contributed by atoms with Crippen molar-refractivity contribution in [2.45, 2.75) is 32.7 Å². The second kappa shape index (κ2) is 7.04. The Hall–Kier alpha value is -2.02. The maximum atomic E-state index is 11.6. The Bertz CT molecular complexity index is 652. The van der Waals surface area contributed by atoms with Crippen LogP contribution >= 0.6 is 11.3 Å². The van der Waals surface area contributed by atoms with Crippen molar-refractivity contribution in [1.82, 2.24) is 20.3 Å². The van der Waals surface area contributed by atoms with Crippen LogP contribution in [0.2, 0.25) is 0 Å². The molecule has 0 aromatic carbocycles. The molecule has 1 amide bonds. The molecule has 1 aliphatic heterocycles. The van der Waals surface area contributed by atoms with E-state index in [0.29, 0.717) is 5.92 Å². The van der Waals surface area contributed by atoms with Gasteiger partial charge < -0.3 is 10.2 Å². The third kappa shape index (κ3) is 3.85. The third-order valence-corrected chi connectivity index (χ3v) is 5.06. The highest BCUT2D eigenvalue weighted by molar-refractivity contribution is 7.09. The Morgan fingerprint density at radius 1 is 1.35 bits per heavy atom. The number of anilines is 1. The molecule has 0 aliphatic carbocycles. The van der Waals surface area contributed by atoms with E-state index >= 15 is 0 Å². The molecular formula is C16H21N5OS. The molecule has 1 aliphatic rings. The van der Waals surface area contributed by atoms with Crippen molar-refractivity contribution in [2.24, 2.45) is 5.92 Å². The summed E-state index contributed by atoms with van der Waals surface area (Å²) in [7, 11) is 0. The fourth-order valence-corrected chi connectivity index (χ4v) is 3.84. The summed E-state index contributed by atoms with van der Waals surface area (Å²) in [6, 6.07) is 2.04. The SMILES string of the molecule is CC(=O)N[C@@H](c1nccs1)C1CCN(c2cc(C)ncn2)CC1. The van der Waals surface area contributed by atoms with Crippen LogP contribution in [0.1, 0.15) is 36.5 Å². The zero-order valence-electron chi connectivity index (χ0n) is 13.4. The molecule has 23 heavy (non-hydrogen) atoms. The Morgan fingerprint density at radius 2 is 2.13 bits per heavy atom.